The summed E-state index contributed by atoms with van der Waals surface area (Å²) in [6, 6.07) is 9.09. The maximum absolute atomic E-state index is 12.9. The molecule has 1 aliphatic carbocycles. The van der Waals surface area contributed by atoms with E-state index in [0.29, 0.717) is 6.04 Å². The van der Waals surface area contributed by atoms with Gasteiger partial charge in [0.25, 0.3) is 0 Å². The van der Waals surface area contributed by atoms with Crippen molar-refractivity contribution >= 4 is 0 Å². The van der Waals surface area contributed by atoms with Crippen LogP contribution in [0.25, 0.3) is 0 Å². The third-order valence-corrected chi connectivity index (χ3v) is 3.37. The van der Waals surface area contributed by atoms with Crippen molar-refractivity contribution < 1.29 is 4.39 Å². The molecule has 0 aromatic heterocycles. The molecule has 0 bridgehead atoms. The third-order valence-electron chi connectivity index (χ3n) is 3.37. The molecule has 1 saturated carbocycles. The van der Waals surface area contributed by atoms with E-state index in [9.17, 15) is 4.39 Å². The molecule has 0 heterocycles. The van der Waals surface area contributed by atoms with Crippen LogP contribution >= 0.6 is 0 Å². The van der Waals surface area contributed by atoms with Crippen LogP contribution in [0, 0.1) is 6.92 Å². The van der Waals surface area contributed by atoms with Crippen molar-refractivity contribution in [2.24, 2.45) is 0 Å². The summed E-state index contributed by atoms with van der Waals surface area (Å²) in [5.41, 5.74) is 2.61. The SMILES string of the molecule is Cc1ccc(CNC2CCC(F)CC2)cc1. The summed E-state index contributed by atoms with van der Waals surface area (Å²) in [6.45, 7) is 3.00. The molecule has 1 aliphatic rings. The molecule has 0 atom stereocenters. The Morgan fingerprint density at radius 2 is 1.75 bits per heavy atom. The predicted octanol–water partition coefficient (Wildman–Crippen LogP) is 3.37. The Morgan fingerprint density at radius 3 is 2.38 bits per heavy atom. The number of rotatable bonds is 3. The van der Waals surface area contributed by atoms with E-state index in [1.165, 1.54) is 11.1 Å². The van der Waals surface area contributed by atoms with E-state index in [1.807, 2.05) is 0 Å². The highest BCUT2D eigenvalue weighted by atomic mass is 19.1. The van der Waals surface area contributed by atoms with Crippen LogP contribution < -0.4 is 5.32 Å². The van der Waals surface area contributed by atoms with Crippen LogP contribution in [0.2, 0.25) is 0 Å². The van der Waals surface area contributed by atoms with Gasteiger partial charge in [-0.2, -0.15) is 0 Å². The normalized spacial score (nSPS) is 25.6. The minimum absolute atomic E-state index is 0.508. The molecule has 2 rings (SSSR count). The van der Waals surface area contributed by atoms with Crippen molar-refractivity contribution in [1.29, 1.82) is 0 Å². The maximum Gasteiger partial charge on any atom is 0.100 e. The lowest BCUT2D eigenvalue weighted by Crippen LogP contribution is -2.33. The Kier molecular flexibility index (Phi) is 3.94. The van der Waals surface area contributed by atoms with E-state index in [2.05, 4.69) is 36.5 Å². The summed E-state index contributed by atoms with van der Waals surface area (Å²) in [6.07, 6.45) is 2.86. The molecule has 0 aliphatic heterocycles. The van der Waals surface area contributed by atoms with Gasteiger partial charge in [0.15, 0.2) is 0 Å². The molecular weight excluding hydrogens is 201 g/mol. The zero-order chi connectivity index (χ0) is 11.4. The molecule has 0 amide bonds. The van der Waals surface area contributed by atoms with Gasteiger partial charge in [0.2, 0.25) is 0 Å². The van der Waals surface area contributed by atoms with E-state index in [1.54, 1.807) is 0 Å². The first-order valence-electron chi connectivity index (χ1n) is 6.17. The van der Waals surface area contributed by atoms with Crippen molar-refractivity contribution in [3.05, 3.63) is 35.4 Å². The van der Waals surface area contributed by atoms with Crippen LogP contribution in [-0.2, 0) is 6.54 Å². The molecule has 1 fully saturated rings. The fourth-order valence-electron chi connectivity index (χ4n) is 2.22. The highest BCUT2D eigenvalue weighted by molar-refractivity contribution is 5.21. The van der Waals surface area contributed by atoms with Crippen LogP contribution in [-0.4, -0.2) is 12.2 Å². The van der Waals surface area contributed by atoms with Crippen LogP contribution in [0.4, 0.5) is 4.39 Å². The number of hydrogen-bond donors (Lipinski definition) is 1. The molecule has 1 nitrogen and oxygen atoms in total. The average molecular weight is 221 g/mol. The summed E-state index contributed by atoms with van der Waals surface area (Å²) < 4.78 is 12.9. The first kappa shape index (κ1) is 11.6. The van der Waals surface area contributed by atoms with E-state index in [-0.39, 0.29) is 0 Å². The number of benzene rings is 1. The highest BCUT2D eigenvalue weighted by Crippen LogP contribution is 2.21. The fraction of sp³-hybridized carbons (Fsp3) is 0.571. The summed E-state index contributed by atoms with van der Waals surface area (Å²) in [7, 11) is 0. The zero-order valence-corrected chi connectivity index (χ0v) is 9.88. The molecule has 0 radical (unpaired) electrons. The molecule has 1 aromatic rings. The highest BCUT2D eigenvalue weighted by Gasteiger charge is 2.19. The van der Waals surface area contributed by atoms with Crippen LogP contribution in [0.1, 0.15) is 36.8 Å². The fourth-order valence-corrected chi connectivity index (χ4v) is 2.22. The van der Waals surface area contributed by atoms with Crippen molar-refractivity contribution in [3.63, 3.8) is 0 Å². The van der Waals surface area contributed by atoms with Crippen LogP contribution in [0.5, 0.6) is 0 Å². The summed E-state index contributed by atoms with van der Waals surface area (Å²) in [5, 5.41) is 3.51. The van der Waals surface area contributed by atoms with E-state index < -0.39 is 6.17 Å². The molecular formula is C14H20FN. The van der Waals surface area contributed by atoms with E-state index in [0.717, 1.165) is 32.2 Å². The summed E-state index contributed by atoms with van der Waals surface area (Å²) in [4.78, 5) is 0. The van der Waals surface area contributed by atoms with Gasteiger partial charge in [0.05, 0.1) is 0 Å². The monoisotopic (exact) mass is 221 g/mol. The Bertz CT molecular complexity index is 312. The average Bonchev–Trinajstić information content (AvgIpc) is 2.30. The van der Waals surface area contributed by atoms with Crippen molar-refractivity contribution in [2.75, 3.05) is 0 Å². The minimum Gasteiger partial charge on any atom is -0.310 e. The lowest BCUT2D eigenvalue weighted by Gasteiger charge is -2.25. The Hall–Kier alpha value is -0.890. The van der Waals surface area contributed by atoms with Crippen LogP contribution in [0.3, 0.4) is 0 Å². The molecule has 88 valence electrons. The Morgan fingerprint density at radius 1 is 1.12 bits per heavy atom. The van der Waals surface area contributed by atoms with Gasteiger partial charge in [-0.3, -0.25) is 0 Å². The number of halogens is 1. The van der Waals surface area contributed by atoms with Gasteiger partial charge in [-0.05, 0) is 38.2 Å². The second-order valence-corrected chi connectivity index (χ2v) is 4.82. The van der Waals surface area contributed by atoms with Crippen molar-refractivity contribution in [2.45, 2.75) is 51.4 Å². The van der Waals surface area contributed by atoms with E-state index >= 15 is 0 Å². The number of aryl methyl sites for hydroxylation is 1. The molecule has 1 aromatic carbocycles. The minimum atomic E-state index is -0.558. The largest absolute Gasteiger partial charge is 0.310 e. The molecule has 1 N–H and O–H groups in total. The number of hydrogen-bond acceptors (Lipinski definition) is 1. The number of alkyl halides is 1. The first-order valence-corrected chi connectivity index (χ1v) is 6.17. The lowest BCUT2D eigenvalue weighted by atomic mass is 9.94. The quantitative estimate of drug-likeness (QED) is 0.825. The van der Waals surface area contributed by atoms with Gasteiger partial charge >= 0.3 is 0 Å². The molecule has 2 heteroatoms. The van der Waals surface area contributed by atoms with Gasteiger partial charge in [0, 0.05) is 12.6 Å². The second kappa shape index (κ2) is 5.44. The van der Waals surface area contributed by atoms with Gasteiger partial charge in [-0.15, -0.1) is 0 Å². The van der Waals surface area contributed by atoms with E-state index in [4.69, 9.17) is 0 Å². The molecule has 16 heavy (non-hydrogen) atoms. The molecule has 0 unspecified atom stereocenters. The lowest BCUT2D eigenvalue weighted by molar-refractivity contribution is 0.219. The van der Waals surface area contributed by atoms with Crippen LogP contribution in [0.15, 0.2) is 24.3 Å². The number of nitrogens with one attached hydrogen (secondary N) is 1. The smallest absolute Gasteiger partial charge is 0.100 e. The van der Waals surface area contributed by atoms with Crippen molar-refractivity contribution in [1.82, 2.24) is 5.32 Å². The van der Waals surface area contributed by atoms with Gasteiger partial charge in [-0.1, -0.05) is 29.8 Å². The Labute approximate surface area is 97.1 Å². The van der Waals surface area contributed by atoms with Crippen molar-refractivity contribution in [3.8, 4) is 0 Å². The summed E-state index contributed by atoms with van der Waals surface area (Å²) >= 11 is 0. The van der Waals surface area contributed by atoms with Gasteiger partial charge < -0.3 is 5.32 Å². The maximum atomic E-state index is 12.9. The predicted molar refractivity (Wildman–Crippen MR) is 65.2 cm³/mol. The molecule has 0 saturated heterocycles. The second-order valence-electron chi connectivity index (χ2n) is 4.82. The summed E-state index contributed by atoms with van der Waals surface area (Å²) in [5.74, 6) is 0. The zero-order valence-electron chi connectivity index (χ0n) is 9.88. The topological polar surface area (TPSA) is 12.0 Å². The van der Waals surface area contributed by atoms with Gasteiger partial charge in [-0.25, -0.2) is 4.39 Å². The molecule has 0 spiro atoms. The standard InChI is InChI=1S/C14H20FN/c1-11-2-4-12(5-3-11)10-16-14-8-6-13(15)7-9-14/h2-5,13-14,16H,6-10H2,1H3. The Balaban J connectivity index is 1.77. The first-order chi connectivity index (χ1) is 7.74. The van der Waals surface area contributed by atoms with Gasteiger partial charge in [0.1, 0.15) is 6.17 Å². The third kappa shape index (κ3) is 3.31.